The smallest absolute Gasteiger partial charge is 0.213 e. The van der Waals surface area contributed by atoms with Crippen molar-refractivity contribution in [3.63, 3.8) is 0 Å². The van der Waals surface area contributed by atoms with E-state index in [2.05, 4.69) is 11.9 Å². The zero-order chi connectivity index (χ0) is 11.5. The molecule has 0 aliphatic heterocycles. The van der Waals surface area contributed by atoms with Crippen LogP contribution in [-0.2, 0) is 6.42 Å². The molecule has 16 heavy (non-hydrogen) atoms. The second kappa shape index (κ2) is 4.73. The van der Waals surface area contributed by atoms with E-state index >= 15 is 0 Å². The van der Waals surface area contributed by atoms with Crippen molar-refractivity contribution in [1.29, 1.82) is 0 Å². The molecule has 0 aromatic carbocycles. The predicted molar refractivity (Wildman–Crippen MR) is 63.0 cm³/mol. The third kappa shape index (κ3) is 2.87. The highest BCUT2D eigenvalue weighted by Crippen LogP contribution is 2.30. The van der Waals surface area contributed by atoms with E-state index in [9.17, 15) is 0 Å². The Morgan fingerprint density at radius 3 is 2.75 bits per heavy atom. The monoisotopic (exact) mass is 221 g/mol. The topological polar surface area (TPSA) is 31.4 Å². The van der Waals surface area contributed by atoms with Gasteiger partial charge in [-0.05, 0) is 33.1 Å². The van der Waals surface area contributed by atoms with Gasteiger partial charge in [0.05, 0.1) is 18.4 Å². The number of aryl methyl sites for hydroxylation is 1. The van der Waals surface area contributed by atoms with Gasteiger partial charge in [0.15, 0.2) is 0 Å². The molecule has 1 aromatic rings. The fraction of sp³-hybridized carbons (Fsp3) is 0.615. The maximum atomic E-state index is 5.79. The molecule has 0 bridgehead atoms. The zero-order valence-corrected chi connectivity index (χ0v) is 10.2. The standard InChI is InChI=1S/C13H19NO2/c1-4-10-7-13(15-9(2)3)14-8-12(10)16-11-5-6-11/h7-9,11H,4-6H2,1-3H3. The van der Waals surface area contributed by atoms with Crippen molar-refractivity contribution < 1.29 is 9.47 Å². The molecule has 0 amide bonds. The quantitative estimate of drug-likeness (QED) is 0.766. The van der Waals surface area contributed by atoms with E-state index in [0.717, 1.165) is 12.2 Å². The number of ether oxygens (including phenoxy) is 2. The average molecular weight is 221 g/mol. The summed E-state index contributed by atoms with van der Waals surface area (Å²) >= 11 is 0. The SMILES string of the molecule is CCc1cc(OC(C)C)ncc1OC1CC1. The fourth-order valence-corrected chi connectivity index (χ4v) is 1.52. The highest BCUT2D eigenvalue weighted by Gasteiger charge is 2.24. The van der Waals surface area contributed by atoms with E-state index < -0.39 is 0 Å². The minimum absolute atomic E-state index is 0.160. The number of hydrogen-bond donors (Lipinski definition) is 0. The summed E-state index contributed by atoms with van der Waals surface area (Å²) in [6, 6.07) is 1.98. The van der Waals surface area contributed by atoms with Gasteiger partial charge in [-0.3, -0.25) is 0 Å². The second-order valence-corrected chi connectivity index (χ2v) is 4.47. The molecule has 2 rings (SSSR count). The molecule has 3 nitrogen and oxygen atoms in total. The van der Waals surface area contributed by atoms with E-state index in [4.69, 9.17) is 9.47 Å². The second-order valence-electron chi connectivity index (χ2n) is 4.47. The molecule has 1 aliphatic rings. The summed E-state index contributed by atoms with van der Waals surface area (Å²) in [5, 5.41) is 0. The number of hydrogen-bond acceptors (Lipinski definition) is 3. The normalized spacial score (nSPS) is 15.2. The summed E-state index contributed by atoms with van der Waals surface area (Å²) in [7, 11) is 0. The van der Waals surface area contributed by atoms with Crippen LogP contribution in [0, 0.1) is 0 Å². The van der Waals surface area contributed by atoms with Gasteiger partial charge in [-0.2, -0.15) is 0 Å². The largest absolute Gasteiger partial charge is 0.489 e. The maximum Gasteiger partial charge on any atom is 0.213 e. The van der Waals surface area contributed by atoms with Crippen LogP contribution in [0.15, 0.2) is 12.3 Å². The number of pyridine rings is 1. The average Bonchev–Trinajstić information content (AvgIpc) is 3.03. The number of nitrogens with zero attached hydrogens (tertiary/aromatic N) is 1. The molecule has 1 heterocycles. The Morgan fingerprint density at radius 2 is 2.19 bits per heavy atom. The van der Waals surface area contributed by atoms with E-state index in [1.54, 1.807) is 6.20 Å². The molecule has 1 saturated carbocycles. The summed E-state index contributed by atoms with van der Waals surface area (Å²) in [6.07, 6.45) is 5.66. The highest BCUT2D eigenvalue weighted by atomic mass is 16.5. The van der Waals surface area contributed by atoms with Crippen LogP contribution in [0.1, 0.15) is 39.2 Å². The van der Waals surface area contributed by atoms with Crippen LogP contribution >= 0.6 is 0 Å². The van der Waals surface area contributed by atoms with Gasteiger partial charge in [0.2, 0.25) is 5.88 Å². The highest BCUT2D eigenvalue weighted by molar-refractivity contribution is 5.35. The predicted octanol–water partition coefficient (Wildman–Crippen LogP) is 2.97. The summed E-state index contributed by atoms with van der Waals surface area (Å²) in [6.45, 7) is 6.12. The molecular formula is C13H19NO2. The Kier molecular flexibility index (Phi) is 3.32. The third-order valence-electron chi connectivity index (χ3n) is 2.48. The van der Waals surface area contributed by atoms with E-state index in [-0.39, 0.29) is 6.10 Å². The molecule has 88 valence electrons. The number of rotatable bonds is 5. The zero-order valence-electron chi connectivity index (χ0n) is 10.2. The van der Waals surface area contributed by atoms with Gasteiger partial charge < -0.3 is 9.47 Å². The molecule has 1 fully saturated rings. The van der Waals surface area contributed by atoms with Crippen LogP contribution < -0.4 is 9.47 Å². The molecular weight excluding hydrogens is 202 g/mol. The first-order chi connectivity index (χ1) is 7.69. The maximum absolute atomic E-state index is 5.79. The Bertz CT molecular complexity index is 359. The van der Waals surface area contributed by atoms with Crippen molar-refractivity contribution in [3.05, 3.63) is 17.8 Å². The van der Waals surface area contributed by atoms with Crippen molar-refractivity contribution in [1.82, 2.24) is 4.98 Å². The summed E-state index contributed by atoms with van der Waals surface area (Å²) in [5.74, 6) is 1.61. The van der Waals surface area contributed by atoms with Gasteiger partial charge in [-0.1, -0.05) is 6.92 Å². The van der Waals surface area contributed by atoms with Gasteiger partial charge in [0, 0.05) is 11.6 Å². The minimum Gasteiger partial charge on any atom is -0.489 e. The van der Waals surface area contributed by atoms with Crippen LogP contribution in [0.5, 0.6) is 11.6 Å². The molecule has 0 saturated heterocycles. The van der Waals surface area contributed by atoms with Gasteiger partial charge in [-0.25, -0.2) is 4.98 Å². The molecule has 0 radical (unpaired) electrons. The van der Waals surface area contributed by atoms with Gasteiger partial charge in [0.1, 0.15) is 5.75 Å². The molecule has 3 heteroatoms. The summed E-state index contributed by atoms with van der Waals surface area (Å²) in [4.78, 5) is 4.26. The Balaban J connectivity index is 2.12. The van der Waals surface area contributed by atoms with Gasteiger partial charge in [-0.15, -0.1) is 0 Å². The molecule has 1 aliphatic carbocycles. The Labute approximate surface area is 96.8 Å². The third-order valence-corrected chi connectivity index (χ3v) is 2.48. The molecule has 0 spiro atoms. The lowest BCUT2D eigenvalue weighted by atomic mass is 10.2. The van der Waals surface area contributed by atoms with Crippen molar-refractivity contribution >= 4 is 0 Å². The van der Waals surface area contributed by atoms with Crippen LogP contribution in [-0.4, -0.2) is 17.2 Å². The Hall–Kier alpha value is -1.25. The van der Waals surface area contributed by atoms with Crippen LogP contribution in [0.25, 0.3) is 0 Å². The van der Waals surface area contributed by atoms with Crippen LogP contribution in [0.2, 0.25) is 0 Å². The van der Waals surface area contributed by atoms with Crippen LogP contribution in [0.3, 0.4) is 0 Å². The minimum atomic E-state index is 0.160. The molecule has 0 N–H and O–H groups in total. The Morgan fingerprint density at radius 1 is 1.44 bits per heavy atom. The summed E-state index contributed by atoms with van der Waals surface area (Å²) < 4.78 is 11.4. The van der Waals surface area contributed by atoms with Crippen LogP contribution in [0.4, 0.5) is 0 Å². The first-order valence-electron chi connectivity index (χ1n) is 6.01. The van der Waals surface area contributed by atoms with Crippen molar-refractivity contribution in [2.24, 2.45) is 0 Å². The lowest BCUT2D eigenvalue weighted by Crippen LogP contribution is -2.08. The first-order valence-corrected chi connectivity index (χ1v) is 6.01. The lowest BCUT2D eigenvalue weighted by Gasteiger charge is -2.13. The van der Waals surface area contributed by atoms with Crippen molar-refractivity contribution in [2.45, 2.75) is 52.2 Å². The molecule has 0 unspecified atom stereocenters. The fourth-order valence-electron chi connectivity index (χ4n) is 1.52. The first kappa shape index (κ1) is 11.2. The summed E-state index contributed by atoms with van der Waals surface area (Å²) in [5.41, 5.74) is 1.18. The molecule has 1 aromatic heterocycles. The van der Waals surface area contributed by atoms with Crippen molar-refractivity contribution in [3.8, 4) is 11.6 Å². The van der Waals surface area contributed by atoms with Gasteiger partial charge in [0.25, 0.3) is 0 Å². The van der Waals surface area contributed by atoms with Gasteiger partial charge >= 0.3 is 0 Å². The van der Waals surface area contributed by atoms with Crippen molar-refractivity contribution in [2.75, 3.05) is 0 Å². The molecule has 0 atom stereocenters. The van der Waals surface area contributed by atoms with E-state index in [1.807, 2.05) is 19.9 Å². The van der Waals surface area contributed by atoms with E-state index in [1.165, 1.54) is 18.4 Å². The lowest BCUT2D eigenvalue weighted by molar-refractivity contribution is 0.230. The van der Waals surface area contributed by atoms with E-state index in [0.29, 0.717) is 12.0 Å². The number of aromatic nitrogens is 1.